The third-order valence-corrected chi connectivity index (χ3v) is 2.64. The highest BCUT2D eigenvalue weighted by Gasteiger charge is 2.08. The minimum atomic E-state index is -0.562. The Kier molecular flexibility index (Phi) is 4.39. The van der Waals surface area contributed by atoms with Gasteiger partial charge in [0.05, 0.1) is 24.4 Å². The van der Waals surface area contributed by atoms with Gasteiger partial charge < -0.3 is 10.1 Å². The highest BCUT2D eigenvalue weighted by atomic mass is 16.6. The van der Waals surface area contributed by atoms with Gasteiger partial charge in [-0.3, -0.25) is 10.1 Å². The van der Waals surface area contributed by atoms with E-state index in [0.29, 0.717) is 12.4 Å². The van der Waals surface area contributed by atoms with Crippen LogP contribution in [0.25, 0.3) is 0 Å². The van der Waals surface area contributed by atoms with Crippen molar-refractivity contribution >= 4 is 17.5 Å². The lowest BCUT2D eigenvalue weighted by Crippen LogP contribution is -2.07. The smallest absolute Gasteiger partial charge is 0.358 e. The maximum Gasteiger partial charge on any atom is 0.358 e. The number of ether oxygens (including phenoxy) is 1. The van der Waals surface area contributed by atoms with E-state index in [4.69, 9.17) is 0 Å². The number of hydrogen-bond donors (Lipinski definition) is 1. The van der Waals surface area contributed by atoms with Gasteiger partial charge in [-0.25, -0.2) is 14.8 Å². The molecule has 2 rings (SSSR count). The van der Waals surface area contributed by atoms with Crippen LogP contribution in [0.5, 0.6) is 0 Å². The lowest BCUT2D eigenvalue weighted by atomic mass is 10.2. The molecule has 0 spiro atoms. The maximum atomic E-state index is 11.2. The van der Waals surface area contributed by atoms with Crippen LogP contribution in [0.15, 0.2) is 36.7 Å². The summed E-state index contributed by atoms with van der Waals surface area (Å²) in [5, 5.41) is 13.6. The molecule has 0 unspecified atom stereocenters. The molecule has 8 heteroatoms. The van der Waals surface area contributed by atoms with Gasteiger partial charge in [-0.2, -0.15) is 0 Å². The van der Waals surface area contributed by atoms with Crippen molar-refractivity contribution < 1.29 is 14.5 Å². The van der Waals surface area contributed by atoms with Crippen molar-refractivity contribution in [2.24, 2.45) is 0 Å². The Hall–Kier alpha value is -3.03. The van der Waals surface area contributed by atoms with Crippen molar-refractivity contribution in [2.45, 2.75) is 6.54 Å². The van der Waals surface area contributed by atoms with Crippen molar-refractivity contribution in [2.75, 3.05) is 12.4 Å². The fraction of sp³-hybridized carbons (Fsp3) is 0.154. The number of nitrogens with zero attached hydrogens (tertiary/aromatic N) is 3. The van der Waals surface area contributed by atoms with Gasteiger partial charge in [-0.1, -0.05) is 12.1 Å². The molecule has 0 aliphatic heterocycles. The molecular formula is C13H12N4O4. The van der Waals surface area contributed by atoms with Gasteiger partial charge in [-0.05, 0) is 5.56 Å². The molecule has 0 saturated carbocycles. The molecule has 1 heterocycles. The zero-order valence-corrected chi connectivity index (χ0v) is 11.1. The van der Waals surface area contributed by atoms with Crippen LogP contribution < -0.4 is 5.32 Å². The largest absolute Gasteiger partial charge is 0.464 e. The van der Waals surface area contributed by atoms with E-state index in [2.05, 4.69) is 20.0 Å². The predicted molar refractivity (Wildman–Crippen MR) is 73.8 cm³/mol. The normalized spacial score (nSPS) is 9.95. The van der Waals surface area contributed by atoms with Crippen molar-refractivity contribution in [3.63, 3.8) is 0 Å². The fourth-order valence-electron chi connectivity index (χ4n) is 1.60. The Morgan fingerprint density at radius 3 is 2.81 bits per heavy atom. The van der Waals surface area contributed by atoms with Gasteiger partial charge in [0.1, 0.15) is 5.82 Å². The second-order valence-electron chi connectivity index (χ2n) is 4.06. The van der Waals surface area contributed by atoms with Gasteiger partial charge in [-0.15, -0.1) is 0 Å². The van der Waals surface area contributed by atoms with Gasteiger partial charge in [0, 0.05) is 18.7 Å². The number of benzene rings is 1. The SMILES string of the molecule is COC(=O)c1cnc(NCc2cccc([N+](=O)[O-])c2)cn1. The van der Waals surface area contributed by atoms with E-state index >= 15 is 0 Å². The quantitative estimate of drug-likeness (QED) is 0.507. The minimum absolute atomic E-state index is 0.0291. The Labute approximate surface area is 120 Å². The highest BCUT2D eigenvalue weighted by Crippen LogP contribution is 2.14. The van der Waals surface area contributed by atoms with E-state index in [9.17, 15) is 14.9 Å². The number of methoxy groups -OCH3 is 1. The molecule has 108 valence electrons. The van der Waals surface area contributed by atoms with Crippen molar-refractivity contribution in [3.8, 4) is 0 Å². The fourth-order valence-corrected chi connectivity index (χ4v) is 1.60. The van der Waals surface area contributed by atoms with E-state index < -0.39 is 10.9 Å². The van der Waals surface area contributed by atoms with Crippen molar-refractivity contribution in [1.82, 2.24) is 9.97 Å². The molecule has 0 fully saturated rings. The number of anilines is 1. The third kappa shape index (κ3) is 3.72. The van der Waals surface area contributed by atoms with Crippen LogP contribution in [0, 0.1) is 10.1 Å². The average Bonchev–Trinajstić information content (AvgIpc) is 2.53. The summed E-state index contributed by atoms with van der Waals surface area (Å²) in [5.74, 6) is -0.109. The lowest BCUT2D eigenvalue weighted by molar-refractivity contribution is -0.384. The Morgan fingerprint density at radius 2 is 2.19 bits per heavy atom. The van der Waals surface area contributed by atoms with Gasteiger partial charge >= 0.3 is 5.97 Å². The molecule has 2 aromatic rings. The number of carbonyl (C=O) groups excluding carboxylic acids is 1. The molecule has 1 aromatic carbocycles. The minimum Gasteiger partial charge on any atom is -0.464 e. The predicted octanol–water partition coefficient (Wildman–Crippen LogP) is 1.78. The first-order chi connectivity index (χ1) is 10.1. The summed E-state index contributed by atoms with van der Waals surface area (Å²) in [6.07, 6.45) is 2.69. The maximum absolute atomic E-state index is 11.2. The van der Waals surface area contributed by atoms with Crippen LogP contribution in [0.4, 0.5) is 11.5 Å². The van der Waals surface area contributed by atoms with Crippen LogP contribution in [0.2, 0.25) is 0 Å². The van der Waals surface area contributed by atoms with Gasteiger partial charge in [0.25, 0.3) is 5.69 Å². The third-order valence-electron chi connectivity index (χ3n) is 2.64. The number of hydrogen-bond acceptors (Lipinski definition) is 7. The molecule has 0 aliphatic carbocycles. The first kappa shape index (κ1) is 14.4. The monoisotopic (exact) mass is 288 g/mol. The summed E-state index contributed by atoms with van der Waals surface area (Å²) in [5.41, 5.74) is 0.878. The molecular weight excluding hydrogens is 276 g/mol. The summed E-state index contributed by atoms with van der Waals surface area (Å²) in [7, 11) is 1.26. The van der Waals surface area contributed by atoms with E-state index in [-0.39, 0.29) is 11.4 Å². The number of nitro groups is 1. The Morgan fingerprint density at radius 1 is 1.38 bits per heavy atom. The molecule has 0 bridgehead atoms. The molecule has 0 radical (unpaired) electrons. The molecule has 1 aromatic heterocycles. The summed E-state index contributed by atoms with van der Waals surface area (Å²) in [6, 6.07) is 6.27. The second kappa shape index (κ2) is 6.42. The van der Waals surface area contributed by atoms with Crippen molar-refractivity contribution in [1.29, 1.82) is 0 Å². The van der Waals surface area contributed by atoms with Crippen LogP contribution in [0.1, 0.15) is 16.1 Å². The van der Waals surface area contributed by atoms with Gasteiger partial charge in [0.2, 0.25) is 0 Å². The zero-order valence-electron chi connectivity index (χ0n) is 11.1. The molecule has 0 amide bonds. The Balaban J connectivity index is 2.01. The number of esters is 1. The van der Waals surface area contributed by atoms with Crippen molar-refractivity contribution in [3.05, 3.63) is 58.0 Å². The molecule has 0 aliphatic rings. The Bertz CT molecular complexity index is 657. The van der Waals surface area contributed by atoms with Crippen LogP contribution in [-0.4, -0.2) is 28.0 Å². The van der Waals surface area contributed by atoms with Crippen LogP contribution in [0.3, 0.4) is 0 Å². The second-order valence-corrected chi connectivity index (χ2v) is 4.06. The number of carbonyl (C=O) groups is 1. The number of aromatic nitrogens is 2. The van der Waals surface area contributed by atoms with E-state index in [1.807, 2.05) is 0 Å². The molecule has 21 heavy (non-hydrogen) atoms. The van der Waals surface area contributed by atoms with Crippen LogP contribution in [-0.2, 0) is 11.3 Å². The van der Waals surface area contributed by atoms with E-state index in [0.717, 1.165) is 5.56 Å². The molecule has 0 atom stereocenters. The number of rotatable bonds is 5. The summed E-state index contributed by atoms with van der Waals surface area (Å²) in [6.45, 7) is 0.355. The average molecular weight is 288 g/mol. The lowest BCUT2D eigenvalue weighted by Gasteiger charge is -2.05. The summed E-state index contributed by atoms with van der Waals surface area (Å²) < 4.78 is 4.52. The first-order valence-electron chi connectivity index (χ1n) is 5.97. The summed E-state index contributed by atoms with van der Waals surface area (Å²) in [4.78, 5) is 29.3. The number of nitrogens with one attached hydrogen (secondary N) is 1. The summed E-state index contributed by atoms with van der Waals surface area (Å²) >= 11 is 0. The highest BCUT2D eigenvalue weighted by molar-refractivity contribution is 5.86. The first-order valence-corrected chi connectivity index (χ1v) is 5.97. The molecule has 8 nitrogen and oxygen atoms in total. The molecule has 0 saturated heterocycles. The van der Waals surface area contributed by atoms with E-state index in [1.165, 1.54) is 31.6 Å². The molecule has 1 N–H and O–H groups in total. The van der Waals surface area contributed by atoms with E-state index in [1.54, 1.807) is 12.1 Å². The number of nitro benzene ring substituents is 1. The van der Waals surface area contributed by atoms with Crippen LogP contribution >= 0.6 is 0 Å². The topological polar surface area (TPSA) is 107 Å². The van der Waals surface area contributed by atoms with Gasteiger partial charge in [0.15, 0.2) is 5.69 Å². The number of non-ortho nitro benzene ring substituents is 1. The standard InChI is InChI=1S/C13H12N4O4/c1-21-13(18)11-7-16-12(8-14-11)15-6-9-3-2-4-10(5-9)17(19)20/h2-5,7-8H,6H2,1H3,(H,15,16). The zero-order chi connectivity index (χ0) is 15.2.